The predicted molar refractivity (Wildman–Crippen MR) is 42.1 cm³/mol. The maximum absolute atomic E-state index is 3.51. The van der Waals surface area contributed by atoms with Gasteiger partial charge in [-0.25, -0.2) is 0 Å². The molecule has 0 saturated carbocycles. The van der Waals surface area contributed by atoms with E-state index in [1.54, 1.807) is 0 Å². The zero-order valence-corrected chi connectivity index (χ0v) is 6.64. The van der Waals surface area contributed by atoms with Gasteiger partial charge in [0.2, 0.25) is 0 Å². The zero-order chi connectivity index (χ0) is 6.97. The third-order valence-electron chi connectivity index (χ3n) is 2.86. The van der Waals surface area contributed by atoms with Gasteiger partial charge >= 0.3 is 0 Å². The summed E-state index contributed by atoms with van der Waals surface area (Å²) < 4.78 is 0. The molecule has 2 rings (SSSR count). The summed E-state index contributed by atoms with van der Waals surface area (Å²) >= 11 is 0. The standard InChI is InChI=1S/C8H16N2/c1-7-8-3-2-5-10(8)6-4-9-7/h7-9H,2-6H2,1H3/t7-,8+/m1/s1. The van der Waals surface area contributed by atoms with Crippen molar-refractivity contribution in [2.75, 3.05) is 19.6 Å². The summed E-state index contributed by atoms with van der Waals surface area (Å²) in [6.07, 6.45) is 2.82. The Hall–Kier alpha value is -0.0800. The van der Waals surface area contributed by atoms with Crippen LogP contribution in [0.25, 0.3) is 0 Å². The lowest BCUT2D eigenvalue weighted by atomic mass is 10.1. The molecule has 2 aliphatic heterocycles. The number of nitrogens with one attached hydrogen (secondary N) is 1. The number of piperazine rings is 1. The van der Waals surface area contributed by atoms with Crippen LogP contribution in [-0.2, 0) is 0 Å². The average Bonchev–Trinajstić information content (AvgIpc) is 2.36. The van der Waals surface area contributed by atoms with Crippen LogP contribution in [0.3, 0.4) is 0 Å². The molecule has 2 aliphatic rings. The van der Waals surface area contributed by atoms with Crippen LogP contribution in [0, 0.1) is 0 Å². The fraction of sp³-hybridized carbons (Fsp3) is 1.00. The number of fused-ring (bicyclic) bond motifs is 1. The summed E-state index contributed by atoms with van der Waals surface area (Å²) in [5.74, 6) is 0. The molecule has 0 aromatic heterocycles. The molecule has 0 aromatic carbocycles. The van der Waals surface area contributed by atoms with E-state index >= 15 is 0 Å². The molecule has 1 N–H and O–H groups in total. The van der Waals surface area contributed by atoms with Gasteiger partial charge in [-0.3, -0.25) is 4.90 Å². The molecular formula is C8H16N2. The van der Waals surface area contributed by atoms with Gasteiger partial charge in [0.25, 0.3) is 0 Å². The maximum Gasteiger partial charge on any atom is 0.0247 e. The molecule has 0 unspecified atom stereocenters. The molecule has 0 aromatic rings. The Morgan fingerprint density at radius 1 is 1.40 bits per heavy atom. The number of rotatable bonds is 0. The first-order chi connectivity index (χ1) is 4.88. The van der Waals surface area contributed by atoms with E-state index in [1.807, 2.05) is 0 Å². The molecule has 2 heterocycles. The van der Waals surface area contributed by atoms with Crippen LogP contribution in [0.5, 0.6) is 0 Å². The molecule has 0 bridgehead atoms. The Labute approximate surface area is 62.6 Å². The Balaban J connectivity index is 2.03. The van der Waals surface area contributed by atoms with Gasteiger partial charge in [0.05, 0.1) is 0 Å². The van der Waals surface area contributed by atoms with E-state index in [4.69, 9.17) is 0 Å². The number of nitrogens with zero attached hydrogens (tertiary/aromatic N) is 1. The van der Waals surface area contributed by atoms with Gasteiger partial charge in [-0.1, -0.05) is 0 Å². The van der Waals surface area contributed by atoms with Gasteiger partial charge in [-0.2, -0.15) is 0 Å². The van der Waals surface area contributed by atoms with Crippen LogP contribution in [0.1, 0.15) is 19.8 Å². The molecule has 2 nitrogen and oxygen atoms in total. The summed E-state index contributed by atoms with van der Waals surface area (Å²) in [5, 5.41) is 3.51. The summed E-state index contributed by atoms with van der Waals surface area (Å²) in [6.45, 7) is 6.12. The van der Waals surface area contributed by atoms with Crippen molar-refractivity contribution in [2.45, 2.75) is 31.8 Å². The topological polar surface area (TPSA) is 15.3 Å². The molecule has 58 valence electrons. The Kier molecular flexibility index (Phi) is 1.66. The molecule has 0 amide bonds. The molecule has 2 saturated heterocycles. The van der Waals surface area contributed by atoms with Crippen LogP contribution >= 0.6 is 0 Å². The minimum absolute atomic E-state index is 0.733. The second-order valence-corrected chi connectivity index (χ2v) is 3.49. The first kappa shape index (κ1) is 6.62. The van der Waals surface area contributed by atoms with Crippen molar-refractivity contribution in [2.24, 2.45) is 0 Å². The summed E-state index contributed by atoms with van der Waals surface area (Å²) in [4.78, 5) is 2.63. The van der Waals surface area contributed by atoms with Crippen molar-refractivity contribution in [3.8, 4) is 0 Å². The Bertz CT molecular complexity index is 124. The van der Waals surface area contributed by atoms with Crippen molar-refractivity contribution in [3.05, 3.63) is 0 Å². The first-order valence-corrected chi connectivity index (χ1v) is 4.35. The van der Waals surface area contributed by atoms with Crippen molar-refractivity contribution in [1.29, 1.82) is 0 Å². The van der Waals surface area contributed by atoms with Crippen molar-refractivity contribution in [3.63, 3.8) is 0 Å². The highest BCUT2D eigenvalue weighted by Gasteiger charge is 2.31. The van der Waals surface area contributed by atoms with Crippen LogP contribution in [-0.4, -0.2) is 36.6 Å². The van der Waals surface area contributed by atoms with E-state index in [-0.39, 0.29) is 0 Å². The third-order valence-corrected chi connectivity index (χ3v) is 2.86. The second kappa shape index (κ2) is 2.51. The minimum Gasteiger partial charge on any atom is -0.311 e. The van der Waals surface area contributed by atoms with E-state index in [2.05, 4.69) is 17.1 Å². The monoisotopic (exact) mass is 140 g/mol. The molecule has 2 fully saturated rings. The lowest BCUT2D eigenvalue weighted by Crippen LogP contribution is -2.53. The van der Waals surface area contributed by atoms with Gasteiger partial charge in [0.1, 0.15) is 0 Å². The molecule has 0 aliphatic carbocycles. The molecule has 0 spiro atoms. The normalized spacial score (nSPS) is 41.7. The summed E-state index contributed by atoms with van der Waals surface area (Å²) in [7, 11) is 0. The fourth-order valence-corrected chi connectivity index (χ4v) is 2.27. The Morgan fingerprint density at radius 3 is 3.10 bits per heavy atom. The van der Waals surface area contributed by atoms with E-state index in [0.29, 0.717) is 0 Å². The van der Waals surface area contributed by atoms with Crippen LogP contribution < -0.4 is 5.32 Å². The summed E-state index contributed by atoms with van der Waals surface area (Å²) in [6, 6.07) is 1.59. The minimum atomic E-state index is 0.733. The summed E-state index contributed by atoms with van der Waals surface area (Å²) in [5.41, 5.74) is 0. The van der Waals surface area contributed by atoms with Gasteiger partial charge in [-0.05, 0) is 26.3 Å². The van der Waals surface area contributed by atoms with Crippen molar-refractivity contribution in [1.82, 2.24) is 10.2 Å². The van der Waals surface area contributed by atoms with Gasteiger partial charge in [-0.15, -0.1) is 0 Å². The van der Waals surface area contributed by atoms with Gasteiger partial charge in [0, 0.05) is 25.2 Å². The van der Waals surface area contributed by atoms with Gasteiger partial charge < -0.3 is 5.32 Å². The molecule has 2 atom stereocenters. The zero-order valence-electron chi connectivity index (χ0n) is 6.64. The molecule has 0 radical (unpaired) electrons. The molecular weight excluding hydrogens is 124 g/mol. The van der Waals surface area contributed by atoms with E-state index in [9.17, 15) is 0 Å². The third kappa shape index (κ3) is 0.956. The number of hydrogen-bond acceptors (Lipinski definition) is 2. The smallest absolute Gasteiger partial charge is 0.0247 e. The second-order valence-electron chi connectivity index (χ2n) is 3.49. The van der Waals surface area contributed by atoms with Crippen LogP contribution in [0.2, 0.25) is 0 Å². The lowest BCUT2D eigenvalue weighted by Gasteiger charge is -2.35. The fourth-order valence-electron chi connectivity index (χ4n) is 2.27. The highest BCUT2D eigenvalue weighted by molar-refractivity contribution is 4.90. The van der Waals surface area contributed by atoms with Gasteiger partial charge in [0.15, 0.2) is 0 Å². The largest absolute Gasteiger partial charge is 0.311 e. The predicted octanol–water partition coefficient (Wildman–Crippen LogP) is 0.442. The molecule has 2 heteroatoms. The maximum atomic E-state index is 3.51. The number of hydrogen-bond donors (Lipinski definition) is 1. The molecule has 10 heavy (non-hydrogen) atoms. The SMILES string of the molecule is C[C@H]1NCCN2CCC[C@@H]12. The van der Waals surface area contributed by atoms with E-state index in [0.717, 1.165) is 12.1 Å². The van der Waals surface area contributed by atoms with Crippen LogP contribution in [0.15, 0.2) is 0 Å². The lowest BCUT2D eigenvalue weighted by molar-refractivity contribution is 0.171. The first-order valence-electron chi connectivity index (χ1n) is 4.35. The van der Waals surface area contributed by atoms with E-state index in [1.165, 1.54) is 32.5 Å². The Morgan fingerprint density at radius 2 is 2.30 bits per heavy atom. The highest BCUT2D eigenvalue weighted by Crippen LogP contribution is 2.21. The average molecular weight is 140 g/mol. The van der Waals surface area contributed by atoms with E-state index < -0.39 is 0 Å². The highest BCUT2D eigenvalue weighted by atomic mass is 15.2. The quantitative estimate of drug-likeness (QED) is 0.525. The van der Waals surface area contributed by atoms with Crippen molar-refractivity contribution < 1.29 is 0 Å². The van der Waals surface area contributed by atoms with Crippen molar-refractivity contribution >= 4 is 0 Å². The van der Waals surface area contributed by atoms with Crippen LogP contribution in [0.4, 0.5) is 0 Å².